The van der Waals surface area contributed by atoms with Gasteiger partial charge in [0.15, 0.2) is 15.2 Å². The van der Waals surface area contributed by atoms with Crippen molar-refractivity contribution in [2.24, 2.45) is 5.92 Å². The van der Waals surface area contributed by atoms with Crippen molar-refractivity contribution in [3.05, 3.63) is 10.0 Å². The fourth-order valence-electron chi connectivity index (χ4n) is 0.882. The highest BCUT2D eigenvalue weighted by Gasteiger charge is 2.17. The second-order valence-corrected chi connectivity index (χ2v) is 4.40. The average Bonchev–Trinajstić information content (AvgIpc) is 2.66. The zero-order chi connectivity index (χ0) is 12.1. The molecule has 0 aliphatic heterocycles. The molecule has 0 aliphatic rings. The highest BCUT2D eigenvalue weighted by atomic mass is 35.5. The minimum atomic E-state index is -0.510. The molecule has 1 rings (SSSR count). The van der Waals surface area contributed by atoms with Crippen molar-refractivity contribution in [2.45, 2.75) is 6.92 Å². The fraction of sp³-hybridized carbons (Fsp3) is 0.444. The maximum absolute atomic E-state index is 11.2. The van der Waals surface area contributed by atoms with Crippen LogP contribution in [0.25, 0.3) is 0 Å². The normalized spacial score (nSPS) is 11.6. The summed E-state index contributed by atoms with van der Waals surface area (Å²) in [4.78, 5) is 15.4. The van der Waals surface area contributed by atoms with E-state index in [4.69, 9.17) is 16.9 Å². The molecule has 86 valence electrons. The summed E-state index contributed by atoms with van der Waals surface area (Å²) in [6.07, 6.45) is 0. The summed E-state index contributed by atoms with van der Waals surface area (Å²) in [5.41, 5.74) is 0. The maximum atomic E-state index is 11.2. The molecular weight excluding hydrogens is 250 g/mol. The number of nitriles is 1. The van der Waals surface area contributed by atoms with Gasteiger partial charge in [-0.2, -0.15) is 5.26 Å². The molecule has 0 radical (unpaired) electrons. The summed E-state index contributed by atoms with van der Waals surface area (Å²) in [7, 11) is 1.28. The van der Waals surface area contributed by atoms with E-state index in [9.17, 15) is 4.79 Å². The molecule has 0 bridgehead atoms. The number of ether oxygens (including phenoxy) is 1. The van der Waals surface area contributed by atoms with Gasteiger partial charge in [-0.15, -0.1) is 0 Å². The van der Waals surface area contributed by atoms with E-state index in [2.05, 4.69) is 21.1 Å². The predicted octanol–water partition coefficient (Wildman–Crippen LogP) is 2.15. The quantitative estimate of drug-likeness (QED) is 0.839. The van der Waals surface area contributed by atoms with Crippen LogP contribution in [0.3, 0.4) is 0 Å². The molecule has 1 unspecified atom stereocenters. The number of aromatic nitrogens is 1. The Labute approximate surface area is 102 Å². The van der Waals surface area contributed by atoms with Gasteiger partial charge in [0.25, 0.3) is 0 Å². The third-order valence-electron chi connectivity index (χ3n) is 1.74. The first-order valence-corrected chi connectivity index (χ1v) is 5.66. The number of halogens is 1. The Morgan fingerprint density at radius 2 is 2.50 bits per heavy atom. The van der Waals surface area contributed by atoms with Gasteiger partial charge < -0.3 is 10.1 Å². The van der Waals surface area contributed by atoms with Gasteiger partial charge in [0, 0.05) is 6.54 Å². The van der Waals surface area contributed by atoms with Crippen LogP contribution < -0.4 is 5.32 Å². The number of nitrogens with one attached hydrogen (secondary N) is 1. The van der Waals surface area contributed by atoms with Gasteiger partial charge in [-0.3, -0.25) is 0 Å². The summed E-state index contributed by atoms with van der Waals surface area (Å²) in [5, 5.41) is 12.1. The number of nitrogens with zero attached hydrogens (tertiary/aromatic N) is 2. The first-order valence-electron chi connectivity index (χ1n) is 4.46. The van der Waals surface area contributed by atoms with E-state index < -0.39 is 5.97 Å². The van der Waals surface area contributed by atoms with Crippen molar-refractivity contribution < 1.29 is 9.53 Å². The Hall–Kier alpha value is -1.32. The lowest BCUT2D eigenvalue weighted by molar-refractivity contribution is 0.0606. The molecule has 0 aliphatic carbocycles. The minimum absolute atomic E-state index is 0.115. The summed E-state index contributed by atoms with van der Waals surface area (Å²) in [5.74, 6) is -0.645. The van der Waals surface area contributed by atoms with Crippen LogP contribution >= 0.6 is 22.9 Å². The SMILES string of the molecule is COC(=O)c1sc(NCC(C)C#N)nc1Cl. The van der Waals surface area contributed by atoms with Gasteiger partial charge in [-0.25, -0.2) is 9.78 Å². The molecule has 1 N–H and O–H groups in total. The Morgan fingerprint density at radius 1 is 1.81 bits per heavy atom. The zero-order valence-electron chi connectivity index (χ0n) is 8.78. The first-order chi connectivity index (χ1) is 7.58. The van der Waals surface area contributed by atoms with Crippen LogP contribution in [-0.2, 0) is 4.74 Å². The number of hydrogen-bond donors (Lipinski definition) is 1. The van der Waals surface area contributed by atoms with Crippen molar-refractivity contribution in [1.82, 2.24) is 4.98 Å². The number of anilines is 1. The van der Waals surface area contributed by atoms with Crippen molar-refractivity contribution in [3.8, 4) is 6.07 Å². The molecule has 0 amide bonds. The van der Waals surface area contributed by atoms with Crippen molar-refractivity contribution >= 4 is 34.0 Å². The Bertz CT molecular complexity index is 427. The van der Waals surface area contributed by atoms with E-state index in [1.165, 1.54) is 7.11 Å². The number of carbonyl (C=O) groups excluding carboxylic acids is 1. The van der Waals surface area contributed by atoms with Gasteiger partial charge in [0.1, 0.15) is 0 Å². The highest BCUT2D eigenvalue weighted by molar-refractivity contribution is 7.18. The predicted molar refractivity (Wildman–Crippen MR) is 61.7 cm³/mol. The van der Waals surface area contributed by atoms with Crippen LogP contribution in [0.4, 0.5) is 5.13 Å². The van der Waals surface area contributed by atoms with E-state index in [0.717, 1.165) is 11.3 Å². The lowest BCUT2D eigenvalue weighted by Gasteiger charge is -2.02. The van der Waals surface area contributed by atoms with Gasteiger partial charge in [-0.1, -0.05) is 22.9 Å². The second-order valence-electron chi connectivity index (χ2n) is 3.04. The standard InChI is InChI=1S/C9H10ClN3O2S/c1-5(3-11)4-12-9-13-7(10)6(16-9)8(14)15-2/h5H,4H2,1-2H3,(H,12,13). The van der Waals surface area contributed by atoms with E-state index in [-0.39, 0.29) is 15.9 Å². The van der Waals surface area contributed by atoms with Crippen molar-refractivity contribution in [1.29, 1.82) is 5.26 Å². The summed E-state index contributed by atoms with van der Waals surface area (Å²) in [6, 6.07) is 2.08. The average molecular weight is 260 g/mol. The molecule has 1 heterocycles. The number of rotatable bonds is 4. The molecule has 0 fully saturated rings. The van der Waals surface area contributed by atoms with Crippen LogP contribution in [0.15, 0.2) is 0 Å². The fourth-order valence-corrected chi connectivity index (χ4v) is 1.99. The van der Waals surface area contributed by atoms with E-state index in [1.54, 1.807) is 6.92 Å². The molecular formula is C9H10ClN3O2S. The second kappa shape index (κ2) is 5.68. The van der Waals surface area contributed by atoms with Crippen LogP contribution in [0.2, 0.25) is 5.15 Å². The highest BCUT2D eigenvalue weighted by Crippen LogP contribution is 2.27. The van der Waals surface area contributed by atoms with E-state index in [1.807, 2.05) is 0 Å². The third-order valence-corrected chi connectivity index (χ3v) is 3.12. The molecule has 0 spiro atoms. The van der Waals surface area contributed by atoms with Crippen LogP contribution in [0.1, 0.15) is 16.6 Å². The Morgan fingerprint density at radius 3 is 3.06 bits per heavy atom. The third kappa shape index (κ3) is 3.08. The topological polar surface area (TPSA) is 75.0 Å². The first kappa shape index (κ1) is 12.7. The minimum Gasteiger partial charge on any atom is -0.465 e. The van der Waals surface area contributed by atoms with Gasteiger partial charge in [0.05, 0.1) is 19.1 Å². The van der Waals surface area contributed by atoms with E-state index in [0.29, 0.717) is 11.7 Å². The van der Waals surface area contributed by atoms with Gasteiger partial charge in [-0.05, 0) is 6.92 Å². The Kier molecular flexibility index (Phi) is 4.52. The monoisotopic (exact) mass is 259 g/mol. The molecule has 0 saturated heterocycles. The molecule has 1 aromatic heterocycles. The number of carbonyl (C=O) groups is 1. The summed E-state index contributed by atoms with van der Waals surface area (Å²) in [6.45, 7) is 2.24. The van der Waals surface area contributed by atoms with Crippen LogP contribution in [0.5, 0.6) is 0 Å². The van der Waals surface area contributed by atoms with Crippen LogP contribution in [-0.4, -0.2) is 24.6 Å². The smallest absolute Gasteiger partial charge is 0.351 e. The van der Waals surface area contributed by atoms with Crippen LogP contribution in [0, 0.1) is 17.2 Å². The Balaban J connectivity index is 2.70. The number of methoxy groups -OCH3 is 1. The largest absolute Gasteiger partial charge is 0.465 e. The number of esters is 1. The van der Waals surface area contributed by atoms with Gasteiger partial charge >= 0.3 is 5.97 Å². The zero-order valence-corrected chi connectivity index (χ0v) is 10.4. The molecule has 1 atom stereocenters. The van der Waals surface area contributed by atoms with E-state index >= 15 is 0 Å². The van der Waals surface area contributed by atoms with Gasteiger partial charge in [0.2, 0.25) is 0 Å². The molecule has 5 nitrogen and oxygen atoms in total. The summed E-state index contributed by atoms with van der Waals surface area (Å²) >= 11 is 6.87. The summed E-state index contributed by atoms with van der Waals surface area (Å²) < 4.78 is 4.54. The molecule has 0 aromatic carbocycles. The van der Waals surface area contributed by atoms with Crippen molar-refractivity contribution in [2.75, 3.05) is 19.0 Å². The molecule has 16 heavy (non-hydrogen) atoms. The number of thiazole rings is 1. The molecule has 1 aromatic rings. The maximum Gasteiger partial charge on any atom is 0.351 e. The lowest BCUT2D eigenvalue weighted by Crippen LogP contribution is -2.08. The lowest BCUT2D eigenvalue weighted by atomic mass is 10.2. The molecule has 7 heteroatoms. The van der Waals surface area contributed by atoms with Crippen molar-refractivity contribution in [3.63, 3.8) is 0 Å². The number of hydrogen-bond acceptors (Lipinski definition) is 6. The molecule has 0 saturated carbocycles.